The molecule has 2 fully saturated rings. The van der Waals surface area contributed by atoms with Crippen LogP contribution in [0.1, 0.15) is 12.8 Å². The number of anilines is 1. The number of nitrogens with zero attached hydrogens (tertiary/aromatic N) is 1. The molecule has 1 saturated carbocycles. The third kappa shape index (κ3) is 3.43. The molecule has 1 saturated heterocycles. The fraction of sp³-hybridized carbons (Fsp3) is 0.350. The molecule has 5 nitrogen and oxygen atoms in total. The van der Waals surface area contributed by atoms with Crippen molar-refractivity contribution < 1.29 is 14.4 Å². The van der Waals surface area contributed by atoms with Crippen LogP contribution in [-0.4, -0.2) is 38.8 Å². The van der Waals surface area contributed by atoms with Crippen LogP contribution in [0.5, 0.6) is 0 Å². The smallest absolute Gasteiger partial charge is 0.244 e. The van der Waals surface area contributed by atoms with Gasteiger partial charge in [-0.2, -0.15) is 0 Å². The first-order valence-corrected chi connectivity index (χ1v) is 10.7. The molecular weight excluding hydrogens is 476 g/mol. The van der Waals surface area contributed by atoms with Gasteiger partial charge in [0.1, 0.15) is 6.54 Å². The van der Waals surface area contributed by atoms with Crippen LogP contribution >= 0.6 is 31.9 Å². The molecule has 3 amide bonds. The summed E-state index contributed by atoms with van der Waals surface area (Å²) in [6.45, 7) is -0.242. The zero-order valence-corrected chi connectivity index (χ0v) is 17.6. The molecule has 0 radical (unpaired) electrons. The van der Waals surface area contributed by atoms with Crippen LogP contribution in [0.15, 0.2) is 42.5 Å². The molecular formula is C20H18Br2N2O3. The third-order valence-electron chi connectivity index (χ3n) is 5.37. The molecule has 1 aliphatic heterocycles. The second kappa shape index (κ2) is 7.36. The Morgan fingerprint density at radius 1 is 0.963 bits per heavy atom. The second-order valence-electron chi connectivity index (χ2n) is 7.05. The standard InChI is InChI=1S/C20H18Br2N2O3/c21-15-8-13-14(9-16(15)22)20(27)24(19(13)26)10-18(25)23-17-7-3-5-11-4-1-2-6-12(11)17/h1-7,13-16H,8-10H2,(H,23,25)/t13-,14-,15-,16+/m1/s1. The van der Waals surface area contributed by atoms with Crippen molar-refractivity contribution in [2.45, 2.75) is 22.5 Å². The van der Waals surface area contributed by atoms with Crippen molar-refractivity contribution in [1.29, 1.82) is 0 Å². The first-order valence-electron chi connectivity index (χ1n) is 8.86. The van der Waals surface area contributed by atoms with Crippen molar-refractivity contribution >= 4 is 66.0 Å². The molecule has 0 aromatic heterocycles. The fourth-order valence-corrected chi connectivity index (χ4v) is 5.22. The number of nitrogens with one attached hydrogen (secondary N) is 1. The molecule has 7 heteroatoms. The van der Waals surface area contributed by atoms with Crippen LogP contribution in [0.3, 0.4) is 0 Å². The summed E-state index contributed by atoms with van der Waals surface area (Å²) < 4.78 is 0. The van der Waals surface area contributed by atoms with Gasteiger partial charge in [-0.3, -0.25) is 19.3 Å². The molecule has 2 aromatic carbocycles. The predicted molar refractivity (Wildman–Crippen MR) is 111 cm³/mol. The Bertz CT molecular complexity index is 899. The molecule has 27 heavy (non-hydrogen) atoms. The lowest BCUT2D eigenvalue weighted by Gasteiger charge is -2.29. The van der Waals surface area contributed by atoms with E-state index in [0.29, 0.717) is 18.5 Å². The number of imide groups is 1. The van der Waals surface area contributed by atoms with Gasteiger partial charge in [0.15, 0.2) is 0 Å². The van der Waals surface area contributed by atoms with Crippen molar-refractivity contribution in [2.75, 3.05) is 11.9 Å². The summed E-state index contributed by atoms with van der Waals surface area (Å²) in [7, 11) is 0. The Morgan fingerprint density at radius 3 is 2.22 bits per heavy atom. The SMILES string of the molecule is O=C(CN1C(=O)[C@@H]2C[C@@H](Br)[C@@H](Br)C[C@H]2C1=O)Nc1cccc2ccccc12. The minimum Gasteiger partial charge on any atom is -0.324 e. The topological polar surface area (TPSA) is 66.5 Å². The normalized spacial score (nSPS) is 27.7. The molecule has 140 valence electrons. The highest BCUT2D eigenvalue weighted by Crippen LogP contribution is 2.43. The minimum atomic E-state index is -0.363. The summed E-state index contributed by atoms with van der Waals surface area (Å²) in [5.74, 6) is -1.50. The Balaban J connectivity index is 1.50. The zero-order valence-electron chi connectivity index (χ0n) is 14.4. The van der Waals surface area contributed by atoms with Gasteiger partial charge in [0.2, 0.25) is 17.7 Å². The third-order valence-corrected chi connectivity index (χ3v) is 8.10. The Labute approximate surface area is 173 Å². The van der Waals surface area contributed by atoms with Crippen LogP contribution in [0.4, 0.5) is 5.69 Å². The number of fused-ring (bicyclic) bond motifs is 2. The van der Waals surface area contributed by atoms with Gasteiger partial charge in [-0.1, -0.05) is 68.3 Å². The second-order valence-corrected chi connectivity index (χ2v) is 9.41. The largest absolute Gasteiger partial charge is 0.324 e. The van der Waals surface area contributed by atoms with Crippen molar-refractivity contribution in [3.63, 3.8) is 0 Å². The number of hydrogen-bond donors (Lipinski definition) is 1. The number of hydrogen-bond acceptors (Lipinski definition) is 3. The maximum atomic E-state index is 12.7. The number of likely N-dealkylation sites (tertiary alicyclic amines) is 1. The van der Waals surface area contributed by atoms with Gasteiger partial charge in [-0.25, -0.2) is 0 Å². The van der Waals surface area contributed by atoms with Gasteiger partial charge in [0.25, 0.3) is 0 Å². The van der Waals surface area contributed by atoms with Crippen molar-refractivity contribution in [3.8, 4) is 0 Å². The van der Waals surface area contributed by atoms with E-state index in [2.05, 4.69) is 37.2 Å². The highest BCUT2D eigenvalue weighted by Gasteiger charge is 2.52. The van der Waals surface area contributed by atoms with Crippen LogP contribution in [-0.2, 0) is 14.4 Å². The molecule has 2 aromatic rings. The maximum Gasteiger partial charge on any atom is 0.244 e. The molecule has 1 aliphatic carbocycles. The summed E-state index contributed by atoms with van der Waals surface area (Å²) in [5.41, 5.74) is 0.677. The van der Waals surface area contributed by atoms with Crippen LogP contribution in [0, 0.1) is 11.8 Å². The average molecular weight is 494 g/mol. The summed E-state index contributed by atoms with van der Waals surface area (Å²) in [5, 5.41) is 4.79. The van der Waals surface area contributed by atoms with Crippen LogP contribution < -0.4 is 5.32 Å². The van der Waals surface area contributed by atoms with Crippen molar-refractivity contribution in [1.82, 2.24) is 4.90 Å². The number of alkyl halides is 2. The van der Waals surface area contributed by atoms with E-state index in [-0.39, 0.29) is 45.8 Å². The van der Waals surface area contributed by atoms with Gasteiger partial charge in [0, 0.05) is 20.7 Å². The lowest BCUT2D eigenvalue weighted by molar-refractivity contribution is -0.142. The number of carbonyl (C=O) groups is 3. The van der Waals surface area contributed by atoms with Gasteiger partial charge in [-0.15, -0.1) is 0 Å². The van der Waals surface area contributed by atoms with Crippen molar-refractivity contribution in [3.05, 3.63) is 42.5 Å². The summed E-state index contributed by atoms with van der Waals surface area (Å²) >= 11 is 7.13. The summed E-state index contributed by atoms with van der Waals surface area (Å²) in [4.78, 5) is 39.4. The number of amides is 3. The predicted octanol–water partition coefficient (Wildman–Crippen LogP) is 3.70. The average Bonchev–Trinajstić information content (AvgIpc) is 2.87. The number of carbonyl (C=O) groups excluding carboxylic acids is 3. The van der Waals surface area contributed by atoms with E-state index < -0.39 is 0 Å². The van der Waals surface area contributed by atoms with E-state index in [1.807, 2.05) is 42.5 Å². The highest BCUT2D eigenvalue weighted by molar-refractivity contribution is 9.12. The van der Waals surface area contributed by atoms with E-state index in [0.717, 1.165) is 15.7 Å². The molecule has 1 N–H and O–H groups in total. The molecule has 0 unspecified atom stereocenters. The fourth-order valence-electron chi connectivity index (χ4n) is 3.99. The molecule has 4 atom stereocenters. The Kier molecular flexibility index (Phi) is 5.07. The Morgan fingerprint density at radius 2 is 1.56 bits per heavy atom. The van der Waals surface area contributed by atoms with Gasteiger partial charge in [0.05, 0.1) is 11.8 Å². The number of benzene rings is 2. The van der Waals surface area contributed by atoms with E-state index in [9.17, 15) is 14.4 Å². The van der Waals surface area contributed by atoms with Gasteiger partial charge < -0.3 is 5.32 Å². The van der Waals surface area contributed by atoms with Crippen molar-refractivity contribution in [2.24, 2.45) is 11.8 Å². The summed E-state index contributed by atoms with van der Waals surface area (Å²) in [6.07, 6.45) is 1.21. The monoisotopic (exact) mass is 492 g/mol. The van der Waals surface area contributed by atoms with Crippen LogP contribution in [0.25, 0.3) is 10.8 Å². The van der Waals surface area contributed by atoms with Crippen LogP contribution in [0.2, 0.25) is 0 Å². The zero-order chi connectivity index (χ0) is 19.1. The van der Waals surface area contributed by atoms with E-state index >= 15 is 0 Å². The summed E-state index contributed by atoms with van der Waals surface area (Å²) in [6, 6.07) is 13.4. The quantitative estimate of drug-likeness (QED) is 0.523. The molecule has 2 aliphatic rings. The molecule has 0 bridgehead atoms. The van der Waals surface area contributed by atoms with Gasteiger partial charge in [-0.05, 0) is 24.3 Å². The molecule has 4 rings (SSSR count). The number of rotatable bonds is 3. The Hall–Kier alpha value is -1.73. The number of halogens is 2. The van der Waals surface area contributed by atoms with E-state index in [1.54, 1.807) is 0 Å². The molecule has 0 spiro atoms. The molecule has 1 heterocycles. The minimum absolute atomic E-state index is 0.153. The lowest BCUT2D eigenvalue weighted by atomic mass is 9.81. The highest BCUT2D eigenvalue weighted by atomic mass is 79.9. The first-order chi connectivity index (χ1) is 13.0. The van der Waals surface area contributed by atoms with E-state index in [4.69, 9.17) is 0 Å². The maximum absolute atomic E-state index is 12.7. The van der Waals surface area contributed by atoms with Gasteiger partial charge >= 0.3 is 0 Å². The lowest BCUT2D eigenvalue weighted by Crippen LogP contribution is -2.38. The van der Waals surface area contributed by atoms with E-state index in [1.165, 1.54) is 0 Å². The first kappa shape index (κ1) is 18.6.